The van der Waals surface area contributed by atoms with Gasteiger partial charge in [-0.15, -0.1) is 0 Å². The molecule has 4 nitrogen and oxygen atoms in total. The van der Waals surface area contributed by atoms with Gasteiger partial charge in [0.25, 0.3) is 0 Å². The van der Waals surface area contributed by atoms with Crippen molar-refractivity contribution >= 4 is 11.6 Å². The minimum Gasteiger partial charge on any atom is -0.494 e. The summed E-state index contributed by atoms with van der Waals surface area (Å²) in [4.78, 5) is 12.6. The van der Waals surface area contributed by atoms with Crippen LogP contribution >= 0.6 is 0 Å². The van der Waals surface area contributed by atoms with E-state index in [1.54, 1.807) is 0 Å². The van der Waals surface area contributed by atoms with Crippen molar-refractivity contribution in [2.45, 2.75) is 51.5 Å². The van der Waals surface area contributed by atoms with E-state index in [1.807, 2.05) is 24.3 Å². The maximum atomic E-state index is 12.6. The van der Waals surface area contributed by atoms with Crippen LogP contribution in [-0.2, 0) is 4.79 Å². The maximum absolute atomic E-state index is 12.6. The molecule has 0 spiro atoms. The zero-order chi connectivity index (χ0) is 15.1. The SMILES string of the molecule is CCCOc1ccc(NC(=O)C2(CCC)CCCN2)cc1. The molecular weight excluding hydrogens is 264 g/mol. The molecule has 2 N–H and O–H groups in total. The summed E-state index contributed by atoms with van der Waals surface area (Å²) in [5.41, 5.74) is 0.444. The maximum Gasteiger partial charge on any atom is 0.244 e. The Morgan fingerprint density at radius 3 is 2.62 bits per heavy atom. The Morgan fingerprint density at radius 1 is 1.29 bits per heavy atom. The first-order valence-electron chi connectivity index (χ1n) is 7.99. The number of hydrogen-bond donors (Lipinski definition) is 2. The molecule has 1 heterocycles. The van der Waals surface area contributed by atoms with Crippen LogP contribution in [0.25, 0.3) is 0 Å². The summed E-state index contributed by atoms with van der Waals surface area (Å²) in [6, 6.07) is 7.61. The van der Waals surface area contributed by atoms with E-state index in [9.17, 15) is 4.79 Å². The second-order valence-electron chi connectivity index (χ2n) is 5.69. The molecule has 0 aromatic heterocycles. The van der Waals surface area contributed by atoms with Gasteiger partial charge in [-0.1, -0.05) is 20.3 Å². The largest absolute Gasteiger partial charge is 0.494 e. The van der Waals surface area contributed by atoms with Crippen molar-refractivity contribution < 1.29 is 9.53 Å². The van der Waals surface area contributed by atoms with E-state index in [4.69, 9.17) is 4.74 Å². The van der Waals surface area contributed by atoms with Crippen LogP contribution in [0.15, 0.2) is 24.3 Å². The van der Waals surface area contributed by atoms with Crippen molar-refractivity contribution in [2.24, 2.45) is 0 Å². The summed E-state index contributed by atoms with van der Waals surface area (Å²) in [5.74, 6) is 0.932. The molecule has 0 bridgehead atoms. The van der Waals surface area contributed by atoms with Crippen LogP contribution in [0.3, 0.4) is 0 Å². The number of anilines is 1. The lowest BCUT2D eigenvalue weighted by Gasteiger charge is -2.27. The zero-order valence-corrected chi connectivity index (χ0v) is 13.1. The molecular formula is C17H26N2O2. The number of rotatable bonds is 7. The van der Waals surface area contributed by atoms with E-state index < -0.39 is 0 Å². The molecule has 1 fully saturated rings. The average molecular weight is 290 g/mol. The van der Waals surface area contributed by atoms with Gasteiger partial charge in [-0.2, -0.15) is 0 Å². The Kier molecular flexibility index (Phi) is 5.62. The Morgan fingerprint density at radius 2 is 2.05 bits per heavy atom. The van der Waals surface area contributed by atoms with E-state index >= 15 is 0 Å². The minimum absolute atomic E-state index is 0.0871. The van der Waals surface area contributed by atoms with E-state index in [1.165, 1.54) is 0 Å². The first kappa shape index (κ1) is 15.8. The Balaban J connectivity index is 1.98. The molecule has 1 aromatic rings. The van der Waals surface area contributed by atoms with Crippen molar-refractivity contribution in [2.75, 3.05) is 18.5 Å². The minimum atomic E-state index is -0.383. The number of amides is 1. The summed E-state index contributed by atoms with van der Waals surface area (Å²) in [6.45, 7) is 5.84. The molecule has 1 aliphatic rings. The van der Waals surface area contributed by atoms with E-state index in [-0.39, 0.29) is 11.4 Å². The van der Waals surface area contributed by atoms with Gasteiger partial charge in [0.1, 0.15) is 5.75 Å². The van der Waals surface area contributed by atoms with Crippen LogP contribution < -0.4 is 15.4 Å². The topological polar surface area (TPSA) is 50.4 Å². The first-order chi connectivity index (χ1) is 10.2. The summed E-state index contributed by atoms with van der Waals surface area (Å²) < 4.78 is 5.55. The molecule has 1 amide bonds. The lowest BCUT2D eigenvalue weighted by molar-refractivity contribution is -0.122. The fourth-order valence-electron chi connectivity index (χ4n) is 2.86. The summed E-state index contributed by atoms with van der Waals surface area (Å²) >= 11 is 0. The number of benzene rings is 1. The fourth-order valence-corrected chi connectivity index (χ4v) is 2.86. The molecule has 21 heavy (non-hydrogen) atoms. The highest BCUT2D eigenvalue weighted by Crippen LogP contribution is 2.27. The molecule has 1 atom stereocenters. The third-order valence-corrected chi connectivity index (χ3v) is 3.94. The van der Waals surface area contributed by atoms with Crippen LogP contribution in [-0.4, -0.2) is 24.6 Å². The highest BCUT2D eigenvalue weighted by Gasteiger charge is 2.39. The van der Waals surface area contributed by atoms with Gasteiger partial charge >= 0.3 is 0 Å². The molecule has 0 radical (unpaired) electrons. The zero-order valence-electron chi connectivity index (χ0n) is 13.1. The summed E-state index contributed by atoms with van der Waals surface area (Å²) in [6.07, 6.45) is 4.87. The number of ether oxygens (including phenoxy) is 1. The highest BCUT2D eigenvalue weighted by molar-refractivity contribution is 5.98. The van der Waals surface area contributed by atoms with E-state index in [0.29, 0.717) is 0 Å². The van der Waals surface area contributed by atoms with Crippen molar-refractivity contribution in [1.29, 1.82) is 0 Å². The predicted molar refractivity (Wildman–Crippen MR) is 85.7 cm³/mol. The smallest absolute Gasteiger partial charge is 0.244 e. The average Bonchev–Trinajstić information content (AvgIpc) is 2.97. The number of carbonyl (C=O) groups is 1. The van der Waals surface area contributed by atoms with Crippen LogP contribution in [0.2, 0.25) is 0 Å². The Labute approximate surface area is 127 Å². The number of nitrogens with one attached hydrogen (secondary N) is 2. The van der Waals surface area contributed by atoms with Crippen molar-refractivity contribution in [3.05, 3.63) is 24.3 Å². The highest BCUT2D eigenvalue weighted by atomic mass is 16.5. The third kappa shape index (κ3) is 3.97. The van der Waals surface area contributed by atoms with Crippen molar-refractivity contribution in [3.63, 3.8) is 0 Å². The van der Waals surface area contributed by atoms with E-state index in [0.717, 1.165) is 56.7 Å². The van der Waals surface area contributed by atoms with Crippen LogP contribution in [0.4, 0.5) is 5.69 Å². The quantitative estimate of drug-likeness (QED) is 0.810. The van der Waals surface area contributed by atoms with Gasteiger partial charge < -0.3 is 15.4 Å². The third-order valence-electron chi connectivity index (χ3n) is 3.94. The Bertz CT molecular complexity index is 450. The summed E-state index contributed by atoms with van der Waals surface area (Å²) in [7, 11) is 0. The molecule has 4 heteroatoms. The summed E-state index contributed by atoms with van der Waals surface area (Å²) in [5, 5.41) is 6.43. The number of hydrogen-bond acceptors (Lipinski definition) is 3. The van der Waals surface area contributed by atoms with Crippen LogP contribution in [0.5, 0.6) is 5.75 Å². The normalized spacial score (nSPS) is 21.2. The van der Waals surface area contributed by atoms with Gasteiger partial charge in [0, 0.05) is 5.69 Å². The molecule has 1 aromatic carbocycles. The first-order valence-corrected chi connectivity index (χ1v) is 7.99. The van der Waals surface area contributed by atoms with Gasteiger partial charge in [0.05, 0.1) is 12.1 Å². The molecule has 2 rings (SSSR count). The standard InChI is InChI=1S/C17H26N2O2/c1-3-10-17(11-5-12-18-17)16(20)19-14-6-8-15(9-7-14)21-13-4-2/h6-9,18H,3-5,10-13H2,1-2H3,(H,19,20). The van der Waals surface area contributed by atoms with Gasteiger partial charge in [0.15, 0.2) is 0 Å². The lowest BCUT2D eigenvalue weighted by Crippen LogP contribution is -2.50. The van der Waals surface area contributed by atoms with Gasteiger partial charge in [-0.05, 0) is 56.5 Å². The second kappa shape index (κ2) is 7.46. The van der Waals surface area contributed by atoms with Crippen LogP contribution in [0, 0.1) is 0 Å². The van der Waals surface area contributed by atoms with Crippen molar-refractivity contribution in [1.82, 2.24) is 5.32 Å². The Hall–Kier alpha value is -1.55. The molecule has 1 saturated heterocycles. The van der Waals surface area contributed by atoms with Gasteiger partial charge in [0.2, 0.25) is 5.91 Å². The predicted octanol–water partition coefficient (Wildman–Crippen LogP) is 3.34. The second-order valence-corrected chi connectivity index (χ2v) is 5.69. The van der Waals surface area contributed by atoms with E-state index in [2.05, 4.69) is 24.5 Å². The molecule has 116 valence electrons. The van der Waals surface area contributed by atoms with Gasteiger partial charge in [-0.25, -0.2) is 0 Å². The fraction of sp³-hybridized carbons (Fsp3) is 0.588. The van der Waals surface area contributed by atoms with Crippen LogP contribution in [0.1, 0.15) is 46.0 Å². The molecule has 1 aliphatic heterocycles. The molecule has 1 unspecified atom stereocenters. The molecule has 0 saturated carbocycles. The monoisotopic (exact) mass is 290 g/mol. The van der Waals surface area contributed by atoms with Crippen molar-refractivity contribution in [3.8, 4) is 5.75 Å². The van der Waals surface area contributed by atoms with Gasteiger partial charge in [-0.3, -0.25) is 4.79 Å². The molecule has 0 aliphatic carbocycles. The lowest BCUT2D eigenvalue weighted by atomic mass is 9.91. The number of carbonyl (C=O) groups excluding carboxylic acids is 1.